The number of carbonyl (C=O) groups is 2. The minimum absolute atomic E-state index is 0.114. The normalized spacial score (nSPS) is 16.7. The van der Waals surface area contributed by atoms with Gasteiger partial charge in [0.25, 0.3) is 0 Å². The number of nitrogens with zero attached hydrogens (tertiary/aromatic N) is 1. The van der Waals surface area contributed by atoms with E-state index in [1.54, 1.807) is 5.48 Å². The molecular formula is C29H32N2O4. The molecule has 6 nitrogen and oxygen atoms in total. The molecule has 4 rings (SSSR count). The largest absolute Gasteiger partial charge is 0.367 e. The molecule has 3 N–H and O–H groups in total. The second-order valence-electron chi connectivity index (χ2n) is 9.47. The van der Waals surface area contributed by atoms with Crippen LogP contribution in [0, 0.1) is 0 Å². The van der Waals surface area contributed by atoms with Crippen molar-refractivity contribution in [3.63, 3.8) is 0 Å². The highest BCUT2D eigenvalue weighted by Gasteiger charge is 2.44. The van der Waals surface area contributed by atoms with Crippen molar-refractivity contribution in [2.24, 2.45) is 0 Å². The molecule has 0 saturated heterocycles. The second-order valence-corrected chi connectivity index (χ2v) is 9.47. The lowest BCUT2D eigenvalue weighted by Crippen LogP contribution is -2.48. The molecule has 0 aromatic heterocycles. The van der Waals surface area contributed by atoms with E-state index in [-0.39, 0.29) is 25.3 Å². The van der Waals surface area contributed by atoms with E-state index in [4.69, 9.17) is 5.21 Å². The fraction of sp³-hybridized carbons (Fsp3) is 0.310. The van der Waals surface area contributed by atoms with Gasteiger partial charge in [-0.15, -0.1) is 0 Å². The Labute approximate surface area is 206 Å². The molecule has 0 aliphatic heterocycles. The van der Waals surface area contributed by atoms with E-state index in [1.807, 2.05) is 48.5 Å². The summed E-state index contributed by atoms with van der Waals surface area (Å²) in [5.41, 5.74) is 6.22. The molecule has 1 aliphatic carbocycles. The lowest BCUT2D eigenvalue weighted by Gasteiger charge is -2.38. The Hall–Kier alpha value is -3.48. The number of fused-ring (bicyclic) bond motifs is 1. The van der Waals surface area contributed by atoms with Crippen molar-refractivity contribution in [1.82, 2.24) is 10.4 Å². The molecule has 0 unspecified atom stereocenters. The molecule has 2 amide bonds. The quantitative estimate of drug-likeness (QED) is 0.248. The average molecular weight is 473 g/mol. The Morgan fingerprint density at radius 1 is 0.971 bits per heavy atom. The lowest BCUT2D eigenvalue weighted by atomic mass is 9.96. The van der Waals surface area contributed by atoms with Gasteiger partial charge < -0.3 is 10.0 Å². The van der Waals surface area contributed by atoms with Gasteiger partial charge in [0.2, 0.25) is 11.8 Å². The minimum Gasteiger partial charge on any atom is -0.367 e. The Balaban J connectivity index is 1.61. The first kappa shape index (κ1) is 24.6. The highest BCUT2D eigenvalue weighted by molar-refractivity contribution is 5.83. The summed E-state index contributed by atoms with van der Waals surface area (Å²) in [6.45, 7) is 4.55. The summed E-state index contributed by atoms with van der Waals surface area (Å²) in [6.07, 6.45) is 0.786. The van der Waals surface area contributed by atoms with Crippen LogP contribution in [0.5, 0.6) is 0 Å². The predicted molar refractivity (Wildman–Crippen MR) is 134 cm³/mol. The number of benzene rings is 3. The summed E-state index contributed by atoms with van der Waals surface area (Å²) in [4.78, 5) is 26.3. The monoisotopic (exact) mass is 472 g/mol. The first-order valence-electron chi connectivity index (χ1n) is 12.1. The van der Waals surface area contributed by atoms with Crippen LogP contribution < -0.4 is 5.48 Å². The summed E-state index contributed by atoms with van der Waals surface area (Å²) >= 11 is 0. The Morgan fingerprint density at radius 2 is 1.71 bits per heavy atom. The molecule has 6 heteroatoms. The third kappa shape index (κ3) is 5.29. The van der Waals surface area contributed by atoms with E-state index in [9.17, 15) is 14.7 Å². The van der Waals surface area contributed by atoms with Gasteiger partial charge in [0.1, 0.15) is 0 Å². The Morgan fingerprint density at radius 3 is 2.43 bits per heavy atom. The van der Waals surface area contributed by atoms with E-state index in [1.165, 1.54) is 10.5 Å². The molecule has 3 aromatic rings. The number of amides is 2. The van der Waals surface area contributed by atoms with Gasteiger partial charge in [0.05, 0.1) is 0 Å². The molecule has 1 atom stereocenters. The van der Waals surface area contributed by atoms with Crippen molar-refractivity contribution in [2.75, 3.05) is 0 Å². The zero-order valence-electron chi connectivity index (χ0n) is 20.2. The Bertz CT molecular complexity index is 1210. The predicted octanol–water partition coefficient (Wildman–Crippen LogP) is 4.88. The summed E-state index contributed by atoms with van der Waals surface area (Å²) in [5, 5.41) is 20.5. The number of hydrogen-bond acceptors (Lipinski definition) is 4. The number of rotatable bonds is 8. The summed E-state index contributed by atoms with van der Waals surface area (Å²) in [6, 6.07) is 24.1. The number of carbonyl (C=O) groups excluding carboxylic acids is 2. The summed E-state index contributed by atoms with van der Waals surface area (Å²) < 4.78 is 0. The standard InChI is InChI=1S/C29H32N2O4/c1-20(2)24-7-5-8-25(18-24)22-12-10-21(11-13-22)19-31(28(33)15-14-27(32)30-35)29(34)17-16-23-6-3-4-9-26(23)29/h3-13,18,20,34-35H,14-17,19H2,1-2H3,(H,30,32)/t29-/m0/s1. The second kappa shape index (κ2) is 10.4. The van der Waals surface area contributed by atoms with Crippen molar-refractivity contribution < 1.29 is 19.9 Å². The van der Waals surface area contributed by atoms with Gasteiger partial charge in [-0.05, 0) is 40.2 Å². The van der Waals surface area contributed by atoms with Gasteiger partial charge in [-0.2, -0.15) is 0 Å². The van der Waals surface area contributed by atoms with Crippen molar-refractivity contribution in [3.05, 3.63) is 95.1 Å². The number of hydroxylamine groups is 1. The van der Waals surface area contributed by atoms with Crippen molar-refractivity contribution in [2.45, 2.75) is 57.7 Å². The fourth-order valence-corrected chi connectivity index (χ4v) is 4.75. The van der Waals surface area contributed by atoms with Crippen LogP contribution in [0.3, 0.4) is 0 Å². The van der Waals surface area contributed by atoms with E-state index in [0.29, 0.717) is 18.8 Å². The van der Waals surface area contributed by atoms with Gasteiger partial charge >= 0.3 is 0 Å². The maximum atomic E-state index is 13.3. The molecule has 1 aliphatic rings. The average Bonchev–Trinajstić information content (AvgIpc) is 3.23. The number of aryl methyl sites for hydroxylation is 1. The third-order valence-electron chi connectivity index (χ3n) is 6.81. The SMILES string of the molecule is CC(C)c1cccc(-c2ccc(CN(C(=O)CCC(=O)NO)[C@]3(O)CCc4ccccc43)cc2)c1. The molecule has 3 aromatic carbocycles. The maximum absolute atomic E-state index is 13.3. The molecule has 0 spiro atoms. The molecule has 182 valence electrons. The van der Waals surface area contributed by atoms with Gasteiger partial charge in [0, 0.05) is 31.4 Å². The molecule has 0 bridgehead atoms. The van der Waals surface area contributed by atoms with E-state index in [2.05, 4.69) is 38.1 Å². The van der Waals surface area contributed by atoms with Crippen molar-refractivity contribution in [3.8, 4) is 11.1 Å². The van der Waals surface area contributed by atoms with Crippen molar-refractivity contribution >= 4 is 11.8 Å². The smallest absolute Gasteiger partial charge is 0.243 e. The number of aliphatic hydroxyl groups is 1. The van der Waals surface area contributed by atoms with Gasteiger partial charge in [-0.25, -0.2) is 5.48 Å². The first-order chi connectivity index (χ1) is 16.8. The van der Waals surface area contributed by atoms with Crippen LogP contribution in [0.25, 0.3) is 11.1 Å². The van der Waals surface area contributed by atoms with E-state index in [0.717, 1.165) is 27.8 Å². The van der Waals surface area contributed by atoms with Crippen LogP contribution in [0.2, 0.25) is 0 Å². The topological polar surface area (TPSA) is 89.9 Å². The molecule has 35 heavy (non-hydrogen) atoms. The third-order valence-corrected chi connectivity index (χ3v) is 6.81. The van der Waals surface area contributed by atoms with Crippen LogP contribution in [0.4, 0.5) is 0 Å². The van der Waals surface area contributed by atoms with Crippen LogP contribution in [0.1, 0.15) is 61.3 Å². The van der Waals surface area contributed by atoms with Gasteiger partial charge in [-0.1, -0.05) is 86.6 Å². The number of nitrogens with one attached hydrogen (secondary N) is 1. The number of hydrogen-bond donors (Lipinski definition) is 3. The first-order valence-corrected chi connectivity index (χ1v) is 12.1. The highest BCUT2D eigenvalue weighted by Crippen LogP contribution is 2.41. The van der Waals surface area contributed by atoms with Crippen LogP contribution in [-0.4, -0.2) is 27.0 Å². The zero-order chi connectivity index (χ0) is 25.0. The zero-order valence-corrected chi connectivity index (χ0v) is 20.2. The van der Waals surface area contributed by atoms with Crippen molar-refractivity contribution in [1.29, 1.82) is 0 Å². The molecule has 0 heterocycles. The fourth-order valence-electron chi connectivity index (χ4n) is 4.75. The maximum Gasteiger partial charge on any atom is 0.243 e. The molecule has 0 fully saturated rings. The van der Waals surface area contributed by atoms with E-state index >= 15 is 0 Å². The highest BCUT2D eigenvalue weighted by atomic mass is 16.5. The molecule has 0 radical (unpaired) electrons. The summed E-state index contributed by atoms with van der Waals surface area (Å²) in [7, 11) is 0. The van der Waals surface area contributed by atoms with Crippen LogP contribution >= 0.6 is 0 Å². The molecule has 0 saturated carbocycles. The van der Waals surface area contributed by atoms with E-state index < -0.39 is 11.6 Å². The van der Waals surface area contributed by atoms with Gasteiger partial charge in [-0.3, -0.25) is 14.8 Å². The lowest BCUT2D eigenvalue weighted by molar-refractivity contribution is -0.166. The van der Waals surface area contributed by atoms with Gasteiger partial charge in [0.15, 0.2) is 5.72 Å². The molecular weight excluding hydrogens is 440 g/mol. The van der Waals surface area contributed by atoms with Crippen LogP contribution in [-0.2, 0) is 28.3 Å². The Kier molecular flexibility index (Phi) is 7.34. The van der Waals surface area contributed by atoms with Crippen LogP contribution in [0.15, 0.2) is 72.8 Å². The minimum atomic E-state index is -1.45. The summed E-state index contributed by atoms with van der Waals surface area (Å²) in [5.74, 6) is -0.539.